The number of halogens is 7. The summed E-state index contributed by atoms with van der Waals surface area (Å²) in [7, 11) is 1.41. The molecule has 36 heavy (non-hydrogen) atoms. The number of hydrogen-bond acceptors (Lipinski definition) is 4. The first-order chi connectivity index (χ1) is 17.1. The lowest BCUT2D eigenvalue weighted by molar-refractivity contribution is 0.102. The number of anilines is 3. The molecule has 0 atom stereocenters. The van der Waals surface area contributed by atoms with Gasteiger partial charge in [0.15, 0.2) is 29.0 Å². The SMILES string of the molecule is COc1c(Cl)cc(C(=O)Nc2ccc(N3CCN(c4c(F)c(F)c(F)c(F)c4F)CC3)cc2)cc1Cl. The van der Waals surface area contributed by atoms with E-state index in [1.165, 1.54) is 19.2 Å². The van der Waals surface area contributed by atoms with Crippen molar-refractivity contribution >= 4 is 46.2 Å². The van der Waals surface area contributed by atoms with E-state index in [1.54, 1.807) is 24.3 Å². The first-order valence-corrected chi connectivity index (χ1v) is 11.3. The highest BCUT2D eigenvalue weighted by Crippen LogP contribution is 2.34. The van der Waals surface area contributed by atoms with Crippen molar-refractivity contribution in [1.82, 2.24) is 0 Å². The van der Waals surface area contributed by atoms with Gasteiger partial charge in [0.1, 0.15) is 5.69 Å². The van der Waals surface area contributed by atoms with E-state index in [0.29, 0.717) is 5.69 Å². The maximum Gasteiger partial charge on any atom is 0.255 e. The molecule has 190 valence electrons. The first kappa shape index (κ1) is 25.8. The molecule has 1 fully saturated rings. The number of rotatable bonds is 5. The predicted octanol–water partition coefficient (Wildman–Crippen LogP) is 6.28. The summed E-state index contributed by atoms with van der Waals surface area (Å²) in [6, 6.07) is 9.65. The smallest absolute Gasteiger partial charge is 0.255 e. The number of methoxy groups -OCH3 is 1. The summed E-state index contributed by atoms with van der Waals surface area (Å²) in [6.07, 6.45) is 0. The fourth-order valence-corrected chi connectivity index (χ4v) is 4.55. The first-order valence-electron chi connectivity index (χ1n) is 10.6. The molecule has 3 aromatic carbocycles. The zero-order valence-electron chi connectivity index (χ0n) is 18.6. The van der Waals surface area contributed by atoms with Gasteiger partial charge in [-0.25, -0.2) is 22.0 Å². The van der Waals surface area contributed by atoms with E-state index >= 15 is 0 Å². The summed E-state index contributed by atoms with van der Waals surface area (Å²) in [4.78, 5) is 15.6. The van der Waals surface area contributed by atoms with Crippen LogP contribution in [0.1, 0.15) is 10.4 Å². The quantitative estimate of drug-likeness (QED) is 0.233. The van der Waals surface area contributed by atoms with Gasteiger partial charge in [0.05, 0.1) is 17.2 Å². The molecule has 0 radical (unpaired) electrons. The van der Waals surface area contributed by atoms with Crippen molar-refractivity contribution in [3.63, 3.8) is 0 Å². The Kier molecular flexibility index (Phi) is 7.46. The Morgan fingerprint density at radius 1 is 0.806 bits per heavy atom. The summed E-state index contributed by atoms with van der Waals surface area (Å²) in [5.74, 6) is -9.99. The summed E-state index contributed by atoms with van der Waals surface area (Å²) in [6.45, 7) is 0.619. The molecule has 1 saturated heterocycles. The van der Waals surface area contributed by atoms with Gasteiger partial charge in [-0.3, -0.25) is 4.79 Å². The largest absolute Gasteiger partial charge is 0.494 e. The van der Waals surface area contributed by atoms with Crippen LogP contribution in [0, 0.1) is 29.1 Å². The van der Waals surface area contributed by atoms with Crippen molar-refractivity contribution in [3.05, 3.63) is 81.1 Å². The molecule has 1 aliphatic rings. The third kappa shape index (κ3) is 4.87. The Hall–Kier alpha value is -3.24. The third-order valence-corrected chi connectivity index (χ3v) is 6.30. The Morgan fingerprint density at radius 2 is 1.28 bits per heavy atom. The highest BCUT2D eigenvalue weighted by Gasteiger charge is 2.30. The molecular formula is C24H18Cl2F5N3O2. The van der Waals surface area contributed by atoms with Crippen LogP contribution in [0.25, 0.3) is 0 Å². The molecule has 12 heteroatoms. The second kappa shape index (κ2) is 10.4. The van der Waals surface area contributed by atoms with E-state index in [9.17, 15) is 26.7 Å². The van der Waals surface area contributed by atoms with Crippen LogP contribution >= 0.6 is 23.2 Å². The fourth-order valence-electron chi connectivity index (χ4n) is 3.90. The molecule has 0 aromatic heterocycles. The molecule has 1 aliphatic heterocycles. The van der Waals surface area contributed by atoms with Crippen LogP contribution in [0.15, 0.2) is 36.4 Å². The summed E-state index contributed by atoms with van der Waals surface area (Å²) < 4.78 is 73.8. The van der Waals surface area contributed by atoms with Crippen molar-refractivity contribution in [2.75, 3.05) is 48.4 Å². The van der Waals surface area contributed by atoms with E-state index in [4.69, 9.17) is 27.9 Å². The Bertz CT molecular complexity index is 1260. The molecular weight excluding hydrogens is 528 g/mol. The zero-order valence-corrected chi connectivity index (χ0v) is 20.2. The molecule has 0 spiro atoms. The average Bonchev–Trinajstić information content (AvgIpc) is 2.87. The topological polar surface area (TPSA) is 44.8 Å². The average molecular weight is 546 g/mol. The van der Waals surface area contributed by atoms with Gasteiger partial charge in [-0.05, 0) is 36.4 Å². The Balaban J connectivity index is 1.41. The van der Waals surface area contributed by atoms with Crippen LogP contribution in [0.3, 0.4) is 0 Å². The highest BCUT2D eigenvalue weighted by molar-refractivity contribution is 6.37. The minimum atomic E-state index is -2.18. The Labute approximate surface area is 213 Å². The lowest BCUT2D eigenvalue weighted by Gasteiger charge is -2.37. The van der Waals surface area contributed by atoms with Crippen LogP contribution in [-0.2, 0) is 0 Å². The maximum atomic E-state index is 14.1. The number of ether oxygens (including phenoxy) is 1. The normalized spacial score (nSPS) is 13.7. The molecule has 0 aliphatic carbocycles. The minimum absolute atomic E-state index is 0.0375. The van der Waals surface area contributed by atoms with E-state index in [0.717, 1.165) is 10.6 Å². The van der Waals surface area contributed by atoms with Gasteiger partial charge >= 0.3 is 0 Å². The van der Waals surface area contributed by atoms with Crippen LogP contribution < -0.4 is 19.9 Å². The number of nitrogens with one attached hydrogen (secondary N) is 1. The summed E-state index contributed by atoms with van der Waals surface area (Å²) in [5.41, 5.74) is 0.550. The number of hydrogen-bond donors (Lipinski definition) is 1. The number of carbonyl (C=O) groups is 1. The van der Waals surface area contributed by atoms with E-state index in [-0.39, 0.29) is 47.5 Å². The van der Waals surface area contributed by atoms with Crippen molar-refractivity contribution in [2.45, 2.75) is 0 Å². The van der Waals surface area contributed by atoms with Crippen LogP contribution in [0.2, 0.25) is 10.0 Å². The summed E-state index contributed by atoms with van der Waals surface area (Å²) >= 11 is 12.2. The number of benzene rings is 3. The van der Waals surface area contributed by atoms with Crippen LogP contribution in [-0.4, -0.2) is 39.2 Å². The number of nitrogens with zero attached hydrogens (tertiary/aromatic N) is 2. The van der Waals surface area contributed by atoms with Crippen molar-refractivity contribution in [2.24, 2.45) is 0 Å². The molecule has 1 heterocycles. The van der Waals surface area contributed by atoms with E-state index < -0.39 is 40.7 Å². The summed E-state index contributed by atoms with van der Waals surface area (Å²) in [5, 5.41) is 3.11. The number of carbonyl (C=O) groups excluding carboxylic acids is 1. The lowest BCUT2D eigenvalue weighted by Crippen LogP contribution is -2.47. The van der Waals surface area contributed by atoms with Gasteiger partial charge in [0, 0.05) is 43.1 Å². The fraction of sp³-hybridized carbons (Fsp3) is 0.208. The van der Waals surface area contributed by atoms with E-state index in [2.05, 4.69) is 5.32 Å². The maximum absolute atomic E-state index is 14.1. The zero-order chi connectivity index (χ0) is 26.1. The van der Waals surface area contributed by atoms with Crippen LogP contribution in [0.4, 0.5) is 39.0 Å². The van der Waals surface area contributed by atoms with Gasteiger partial charge < -0.3 is 19.9 Å². The van der Waals surface area contributed by atoms with Crippen molar-refractivity contribution in [3.8, 4) is 5.75 Å². The molecule has 0 unspecified atom stereocenters. The van der Waals surface area contributed by atoms with Crippen molar-refractivity contribution < 1.29 is 31.5 Å². The molecule has 5 nitrogen and oxygen atoms in total. The highest BCUT2D eigenvalue weighted by atomic mass is 35.5. The van der Waals surface area contributed by atoms with Crippen molar-refractivity contribution in [1.29, 1.82) is 0 Å². The second-order valence-corrected chi connectivity index (χ2v) is 8.68. The third-order valence-electron chi connectivity index (χ3n) is 5.74. The molecule has 3 aromatic rings. The second-order valence-electron chi connectivity index (χ2n) is 7.87. The lowest BCUT2D eigenvalue weighted by atomic mass is 10.1. The predicted molar refractivity (Wildman–Crippen MR) is 128 cm³/mol. The molecule has 1 N–H and O–H groups in total. The Morgan fingerprint density at radius 3 is 1.78 bits per heavy atom. The van der Waals surface area contributed by atoms with Gasteiger partial charge in [-0.1, -0.05) is 23.2 Å². The number of piperazine rings is 1. The van der Waals surface area contributed by atoms with Crippen LogP contribution in [0.5, 0.6) is 5.75 Å². The minimum Gasteiger partial charge on any atom is -0.494 e. The van der Waals surface area contributed by atoms with Gasteiger partial charge in [-0.2, -0.15) is 0 Å². The van der Waals surface area contributed by atoms with E-state index in [1.807, 2.05) is 4.90 Å². The molecule has 0 bridgehead atoms. The number of amides is 1. The monoisotopic (exact) mass is 545 g/mol. The molecule has 1 amide bonds. The van der Waals surface area contributed by atoms with Gasteiger partial charge in [0.2, 0.25) is 5.82 Å². The van der Waals surface area contributed by atoms with Gasteiger partial charge in [-0.15, -0.1) is 0 Å². The molecule has 4 rings (SSSR count). The van der Waals surface area contributed by atoms with Gasteiger partial charge in [0.25, 0.3) is 5.91 Å². The molecule has 0 saturated carbocycles. The standard InChI is InChI=1S/C24H18Cl2F5N3O2/c1-36-23-15(25)10-12(11-16(23)26)24(35)32-13-2-4-14(5-3-13)33-6-8-34(9-7-33)22-20(30)18(28)17(27)19(29)21(22)31/h2-5,10-11H,6-9H2,1H3,(H,32,35).